The first-order valence-electron chi connectivity index (χ1n) is 7.30. The number of carbonyl (C=O) groups is 2. The standard InChI is InChI=1S/C15H19N5O3/c1-3-20(4-2)11-6-5-10(13(21)7-11)8-16-18-14(22)12-9-17-19-15(12)23/h5-9,12,21H,3-4H2,1-2H3,(H,18,22)(H,19,23)/b16-8-/t12-/m1/s1. The van der Waals surface area contributed by atoms with Gasteiger partial charge in [-0.1, -0.05) is 0 Å². The Kier molecular flexibility index (Phi) is 5.29. The Bertz CT molecular complexity index is 653. The van der Waals surface area contributed by atoms with E-state index in [-0.39, 0.29) is 5.75 Å². The van der Waals surface area contributed by atoms with E-state index < -0.39 is 17.7 Å². The normalized spacial score (nSPS) is 16.6. The van der Waals surface area contributed by atoms with Gasteiger partial charge in [0.2, 0.25) is 0 Å². The maximum Gasteiger partial charge on any atom is 0.258 e. The lowest BCUT2D eigenvalue weighted by Gasteiger charge is -2.21. The summed E-state index contributed by atoms with van der Waals surface area (Å²) in [5.74, 6) is -2.00. The molecule has 0 aliphatic carbocycles. The highest BCUT2D eigenvalue weighted by atomic mass is 16.3. The Morgan fingerprint density at radius 3 is 2.78 bits per heavy atom. The molecule has 1 heterocycles. The Hall–Kier alpha value is -2.90. The zero-order valence-electron chi connectivity index (χ0n) is 13.0. The molecular weight excluding hydrogens is 298 g/mol. The summed E-state index contributed by atoms with van der Waals surface area (Å²) in [5, 5.41) is 17.3. The summed E-state index contributed by atoms with van der Waals surface area (Å²) >= 11 is 0. The van der Waals surface area contributed by atoms with Gasteiger partial charge < -0.3 is 10.0 Å². The number of rotatable bonds is 6. The van der Waals surface area contributed by atoms with Gasteiger partial charge in [-0.2, -0.15) is 10.2 Å². The van der Waals surface area contributed by atoms with Crippen molar-refractivity contribution >= 4 is 29.9 Å². The lowest BCUT2D eigenvalue weighted by atomic mass is 10.1. The Morgan fingerprint density at radius 2 is 2.22 bits per heavy atom. The van der Waals surface area contributed by atoms with Crippen LogP contribution >= 0.6 is 0 Å². The molecule has 1 aromatic carbocycles. The lowest BCUT2D eigenvalue weighted by molar-refractivity contribution is -0.131. The van der Waals surface area contributed by atoms with Gasteiger partial charge in [0.15, 0.2) is 5.92 Å². The number of anilines is 1. The molecular formula is C15H19N5O3. The molecule has 0 radical (unpaired) electrons. The van der Waals surface area contributed by atoms with Gasteiger partial charge in [-0.25, -0.2) is 10.9 Å². The van der Waals surface area contributed by atoms with Crippen LogP contribution in [0.25, 0.3) is 0 Å². The number of nitrogens with zero attached hydrogens (tertiary/aromatic N) is 3. The number of nitrogens with one attached hydrogen (secondary N) is 2. The highest BCUT2D eigenvalue weighted by Gasteiger charge is 2.28. The molecule has 0 saturated carbocycles. The van der Waals surface area contributed by atoms with Crippen molar-refractivity contribution in [3.63, 3.8) is 0 Å². The SMILES string of the molecule is CCN(CC)c1ccc(/C=N\NC(=O)[C@H]2C=NNC2=O)c(O)c1. The minimum atomic E-state index is -0.981. The Labute approximate surface area is 133 Å². The molecule has 1 aliphatic heterocycles. The fraction of sp³-hybridized carbons (Fsp3) is 0.333. The summed E-state index contributed by atoms with van der Waals surface area (Å²) in [4.78, 5) is 25.1. The van der Waals surface area contributed by atoms with Gasteiger partial charge in [-0.05, 0) is 26.0 Å². The minimum absolute atomic E-state index is 0.0626. The molecule has 1 aliphatic rings. The number of benzene rings is 1. The van der Waals surface area contributed by atoms with Crippen molar-refractivity contribution in [2.45, 2.75) is 13.8 Å². The molecule has 23 heavy (non-hydrogen) atoms. The van der Waals surface area contributed by atoms with E-state index in [2.05, 4.69) is 26.0 Å². The van der Waals surface area contributed by atoms with E-state index in [4.69, 9.17) is 0 Å². The number of amides is 2. The van der Waals surface area contributed by atoms with Crippen LogP contribution in [0, 0.1) is 5.92 Å². The minimum Gasteiger partial charge on any atom is -0.507 e. The highest BCUT2D eigenvalue weighted by molar-refractivity contribution is 6.15. The lowest BCUT2D eigenvalue weighted by Crippen LogP contribution is -2.34. The molecule has 0 unspecified atom stereocenters. The maximum atomic E-state index is 11.7. The van der Waals surface area contributed by atoms with E-state index >= 15 is 0 Å². The molecule has 0 fully saturated rings. The number of hydrazone groups is 2. The number of aromatic hydroxyl groups is 1. The molecule has 8 nitrogen and oxygen atoms in total. The first-order chi connectivity index (χ1) is 11.1. The summed E-state index contributed by atoms with van der Waals surface area (Å²) in [6.45, 7) is 5.75. The van der Waals surface area contributed by atoms with Gasteiger partial charge in [-0.3, -0.25) is 9.59 Å². The van der Waals surface area contributed by atoms with Crippen molar-refractivity contribution in [2.24, 2.45) is 16.1 Å². The van der Waals surface area contributed by atoms with Gasteiger partial charge >= 0.3 is 0 Å². The quantitative estimate of drug-likeness (QED) is 0.401. The summed E-state index contributed by atoms with van der Waals surface area (Å²) in [6.07, 6.45) is 2.53. The van der Waals surface area contributed by atoms with Crippen LogP contribution in [0.1, 0.15) is 19.4 Å². The van der Waals surface area contributed by atoms with Gasteiger partial charge in [0.25, 0.3) is 11.8 Å². The number of hydrogen-bond acceptors (Lipinski definition) is 6. The van der Waals surface area contributed by atoms with Crippen LogP contribution in [0.5, 0.6) is 5.75 Å². The van der Waals surface area contributed by atoms with E-state index in [1.807, 2.05) is 19.9 Å². The molecule has 1 aromatic rings. The van der Waals surface area contributed by atoms with Gasteiger partial charge in [-0.15, -0.1) is 0 Å². The van der Waals surface area contributed by atoms with Crippen LogP contribution in [-0.4, -0.2) is 42.4 Å². The molecule has 2 amide bonds. The smallest absolute Gasteiger partial charge is 0.258 e. The van der Waals surface area contributed by atoms with Crippen LogP contribution in [0.2, 0.25) is 0 Å². The number of phenolic OH excluding ortho intramolecular Hbond substituents is 1. The van der Waals surface area contributed by atoms with Crippen molar-refractivity contribution in [1.29, 1.82) is 0 Å². The van der Waals surface area contributed by atoms with Crippen molar-refractivity contribution < 1.29 is 14.7 Å². The third-order valence-electron chi connectivity index (χ3n) is 3.48. The largest absolute Gasteiger partial charge is 0.507 e. The third-order valence-corrected chi connectivity index (χ3v) is 3.48. The fourth-order valence-corrected chi connectivity index (χ4v) is 2.16. The average molecular weight is 317 g/mol. The number of carbonyl (C=O) groups excluding carboxylic acids is 2. The van der Waals surface area contributed by atoms with Crippen molar-refractivity contribution in [2.75, 3.05) is 18.0 Å². The first kappa shape index (κ1) is 16.5. The molecule has 3 N–H and O–H groups in total. The zero-order chi connectivity index (χ0) is 16.8. The summed E-state index contributed by atoms with van der Waals surface area (Å²) < 4.78 is 0. The molecule has 8 heteroatoms. The number of phenols is 1. The van der Waals surface area contributed by atoms with E-state index in [1.54, 1.807) is 12.1 Å². The van der Waals surface area contributed by atoms with Crippen LogP contribution in [0.4, 0.5) is 5.69 Å². The van der Waals surface area contributed by atoms with E-state index in [1.165, 1.54) is 12.4 Å². The summed E-state index contributed by atoms with van der Waals surface area (Å²) in [6, 6.07) is 5.22. The molecule has 0 saturated heterocycles. The van der Waals surface area contributed by atoms with E-state index in [0.717, 1.165) is 18.8 Å². The maximum absolute atomic E-state index is 11.7. The van der Waals surface area contributed by atoms with Gasteiger partial charge in [0.05, 0.1) is 6.21 Å². The topological polar surface area (TPSA) is 106 Å². The molecule has 0 bridgehead atoms. The average Bonchev–Trinajstić information content (AvgIpc) is 2.96. The predicted molar refractivity (Wildman–Crippen MR) is 87.5 cm³/mol. The predicted octanol–water partition coefficient (Wildman–Crippen LogP) is 0.420. The zero-order valence-corrected chi connectivity index (χ0v) is 13.0. The second-order valence-corrected chi connectivity index (χ2v) is 4.88. The highest BCUT2D eigenvalue weighted by Crippen LogP contribution is 2.23. The van der Waals surface area contributed by atoms with E-state index in [9.17, 15) is 14.7 Å². The second kappa shape index (κ2) is 7.39. The summed E-state index contributed by atoms with van der Waals surface area (Å²) in [7, 11) is 0. The van der Waals surface area contributed by atoms with Gasteiger partial charge in [0.1, 0.15) is 5.75 Å². The van der Waals surface area contributed by atoms with Crippen LogP contribution < -0.4 is 15.8 Å². The molecule has 2 rings (SSSR count). The second-order valence-electron chi connectivity index (χ2n) is 4.88. The van der Waals surface area contributed by atoms with Gasteiger partial charge in [0, 0.05) is 36.6 Å². The molecule has 0 aromatic heterocycles. The Balaban J connectivity index is 2.01. The van der Waals surface area contributed by atoms with Crippen LogP contribution in [0.3, 0.4) is 0 Å². The van der Waals surface area contributed by atoms with Crippen molar-refractivity contribution in [1.82, 2.24) is 10.9 Å². The third kappa shape index (κ3) is 3.85. The van der Waals surface area contributed by atoms with E-state index in [0.29, 0.717) is 5.56 Å². The van der Waals surface area contributed by atoms with Crippen LogP contribution in [0.15, 0.2) is 28.4 Å². The number of hydrogen-bond donors (Lipinski definition) is 3. The Morgan fingerprint density at radius 1 is 1.48 bits per heavy atom. The molecule has 1 atom stereocenters. The van der Waals surface area contributed by atoms with Crippen molar-refractivity contribution in [3.05, 3.63) is 23.8 Å². The summed E-state index contributed by atoms with van der Waals surface area (Å²) in [5.41, 5.74) is 5.79. The monoisotopic (exact) mass is 317 g/mol. The molecule has 0 spiro atoms. The fourth-order valence-electron chi connectivity index (χ4n) is 2.16. The first-order valence-corrected chi connectivity index (χ1v) is 7.30. The van der Waals surface area contributed by atoms with Crippen LogP contribution in [-0.2, 0) is 9.59 Å². The molecule has 122 valence electrons. The van der Waals surface area contributed by atoms with Crippen molar-refractivity contribution in [3.8, 4) is 5.75 Å².